The fourth-order valence-corrected chi connectivity index (χ4v) is 2.07. The lowest BCUT2D eigenvalue weighted by Crippen LogP contribution is -2.42. The van der Waals surface area contributed by atoms with E-state index in [2.05, 4.69) is 43.5 Å². The number of rotatable bonds is 8. The number of hydrogen-bond acceptors (Lipinski definition) is 3. The molecular weight excluding hydrogens is 214 g/mol. The highest BCUT2D eigenvalue weighted by molar-refractivity contribution is 5.77. The van der Waals surface area contributed by atoms with Crippen LogP contribution in [0.2, 0.25) is 0 Å². The van der Waals surface area contributed by atoms with Crippen LogP contribution in [0.1, 0.15) is 26.7 Å². The van der Waals surface area contributed by atoms with E-state index in [1.54, 1.807) is 0 Å². The fraction of sp³-hybridized carbons (Fsp3) is 0.923. The van der Waals surface area contributed by atoms with Gasteiger partial charge >= 0.3 is 0 Å². The Morgan fingerprint density at radius 3 is 2.53 bits per heavy atom. The number of nitrogens with zero attached hydrogens (tertiary/aromatic N) is 1. The molecular formula is C13H27N3O. The minimum atomic E-state index is 0.123. The number of nitrogens with one attached hydrogen (secondary N) is 2. The Balaban J connectivity index is 2.06. The molecule has 1 aliphatic carbocycles. The van der Waals surface area contributed by atoms with Gasteiger partial charge in [0.25, 0.3) is 0 Å². The second-order valence-corrected chi connectivity index (χ2v) is 6.25. The summed E-state index contributed by atoms with van der Waals surface area (Å²) >= 11 is 0. The molecule has 4 heteroatoms. The molecule has 2 N–H and O–H groups in total. The summed E-state index contributed by atoms with van der Waals surface area (Å²) in [6.07, 6.45) is 2.56. The Hall–Kier alpha value is -0.610. The van der Waals surface area contributed by atoms with E-state index >= 15 is 0 Å². The summed E-state index contributed by atoms with van der Waals surface area (Å²) in [5, 5.41) is 6.20. The molecule has 1 rings (SSSR count). The fourth-order valence-electron chi connectivity index (χ4n) is 2.07. The molecule has 0 spiro atoms. The SMILES string of the molecule is CN(C)CC(C)(C)CNCC(=O)NCC1CC1. The predicted octanol–water partition coefficient (Wildman–Crippen LogP) is 0.690. The molecule has 0 unspecified atom stereocenters. The standard InChI is InChI=1S/C13H27N3O/c1-13(2,10-16(3)4)9-14-8-12(17)15-7-11-5-6-11/h11,14H,5-10H2,1-4H3,(H,15,17). The van der Waals surface area contributed by atoms with Crippen LogP contribution in [0.25, 0.3) is 0 Å². The maximum Gasteiger partial charge on any atom is 0.233 e. The largest absolute Gasteiger partial charge is 0.355 e. The van der Waals surface area contributed by atoms with Crippen molar-refractivity contribution >= 4 is 5.91 Å². The van der Waals surface area contributed by atoms with Crippen molar-refractivity contribution in [2.45, 2.75) is 26.7 Å². The zero-order valence-electron chi connectivity index (χ0n) is 11.7. The molecule has 0 aromatic heterocycles. The highest BCUT2D eigenvalue weighted by atomic mass is 16.1. The molecule has 0 bridgehead atoms. The molecule has 1 fully saturated rings. The van der Waals surface area contributed by atoms with Gasteiger partial charge < -0.3 is 15.5 Å². The molecule has 0 atom stereocenters. The quantitative estimate of drug-likeness (QED) is 0.657. The van der Waals surface area contributed by atoms with Crippen LogP contribution in [0.5, 0.6) is 0 Å². The second kappa shape index (κ2) is 6.36. The van der Waals surface area contributed by atoms with Crippen molar-refractivity contribution in [1.82, 2.24) is 15.5 Å². The van der Waals surface area contributed by atoms with Gasteiger partial charge in [-0.15, -0.1) is 0 Å². The summed E-state index contributed by atoms with van der Waals surface area (Å²) in [4.78, 5) is 13.7. The Bertz CT molecular complexity index is 247. The van der Waals surface area contributed by atoms with Crippen molar-refractivity contribution in [2.75, 3.05) is 40.3 Å². The van der Waals surface area contributed by atoms with Gasteiger partial charge in [-0.1, -0.05) is 13.8 Å². The summed E-state index contributed by atoms with van der Waals surface area (Å²) in [7, 11) is 4.15. The molecule has 0 aliphatic heterocycles. The van der Waals surface area contributed by atoms with Crippen LogP contribution in [-0.4, -0.2) is 51.1 Å². The highest BCUT2D eigenvalue weighted by Crippen LogP contribution is 2.27. The van der Waals surface area contributed by atoms with E-state index in [9.17, 15) is 4.79 Å². The summed E-state index contributed by atoms with van der Waals surface area (Å²) in [6, 6.07) is 0. The zero-order valence-corrected chi connectivity index (χ0v) is 11.7. The summed E-state index contributed by atoms with van der Waals surface area (Å²) in [6.45, 7) is 7.60. The van der Waals surface area contributed by atoms with Crippen molar-refractivity contribution in [2.24, 2.45) is 11.3 Å². The van der Waals surface area contributed by atoms with Crippen molar-refractivity contribution < 1.29 is 4.79 Å². The Morgan fingerprint density at radius 1 is 1.35 bits per heavy atom. The minimum Gasteiger partial charge on any atom is -0.355 e. The van der Waals surface area contributed by atoms with Gasteiger partial charge in [0.1, 0.15) is 0 Å². The average Bonchev–Trinajstić information content (AvgIpc) is 2.95. The van der Waals surface area contributed by atoms with Crippen LogP contribution in [0, 0.1) is 11.3 Å². The van der Waals surface area contributed by atoms with Crippen LogP contribution in [0.4, 0.5) is 0 Å². The van der Waals surface area contributed by atoms with Crippen molar-refractivity contribution in [3.05, 3.63) is 0 Å². The molecule has 0 aromatic carbocycles. The third kappa shape index (κ3) is 7.34. The molecule has 100 valence electrons. The maximum atomic E-state index is 11.5. The second-order valence-electron chi connectivity index (χ2n) is 6.25. The minimum absolute atomic E-state index is 0.123. The first-order chi connectivity index (χ1) is 7.89. The van der Waals surface area contributed by atoms with Crippen molar-refractivity contribution in [1.29, 1.82) is 0 Å². The molecule has 0 saturated heterocycles. The smallest absolute Gasteiger partial charge is 0.233 e. The van der Waals surface area contributed by atoms with Crippen molar-refractivity contribution in [3.8, 4) is 0 Å². The first-order valence-electron chi connectivity index (χ1n) is 6.51. The van der Waals surface area contributed by atoms with Gasteiger partial charge in [0.15, 0.2) is 0 Å². The molecule has 0 heterocycles. The van der Waals surface area contributed by atoms with Gasteiger partial charge in [0, 0.05) is 19.6 Å². The third-order valence-electron chi connectivity index (χ3n) is 2.92. The Morgan fingerprint density at radius 2 is 2.00 bits per heavy atom. The van der Waals surface area contributed by atoms with Crippen LogP contribution in [-0.2, 0) is 4.79 Å². The summed E-state index contributed by atoms with van der Waals surface area (Å²) in [5.41, 5.74) is 0.195. The molecule has 17 heavy (non-hydrogen) atoms. The molecule has 1 amide bonds. The van der Waals surface area contributed by atoms with E-state index in [0.717, 1.165) is 25.6 Å². The van der Waals surface area contributed by atoms with Crippen LogP contribution in [0.3, 0.4) is 0 Å². The number of carbonyl (C=O) groups excluding carboxylic acids is 1. The molecule has 4 nitrogen and oxygen atoms in total. The van der Waals surface area contributed by atoms with Crippen molar-refractivity contribution in [3.63, 3.8) is 0 Å². The average molecular weight is 241 g/mol. The normalized spacial score (nSPS) is 16.3. The number of carbonyl (C=O) groups is 1. The van der Waals surface area contributed by atoms with Gasteiger partial charge in [0.05, 0.1) is 6.54 Å². The summed E-state index contributed by atoms with van der Waals surface area (Å²) in [5.74, 6) is 0.877. The Kier molecular flexibility index (Phi) is 5.40. The van der Waals surface area contributed by atoms with Gasteiger partial charge in [-0.05, 0) is 38.3 Å². The van der Waals surface area contributed by atoms with E-state index in [0.29, 0.717) is 6.54 Å². The Labute approximate surface area is 105 Å². The van der Waals surface area contributed by atoms with Gasteiger partial charge in [0.2, 0.25) is 5.91 Å². The first kappa shape index (κ1) is 14.5. The zero-order chi connectivity index (χ0) is 12.9. The van der Waals surface area contributed by atoms with E-state index in [4.69, 9.17) is 0 Å². The van der Waals surface area contributed by atoms with Crippen LogP contribution in [0.15, 0.2) is 0 Å². The number of hydrogen-bond donors (Lipinski definition) is 2. The van der Waals surface area contributed by atoms with Gasteiger partial charge in [-0.25, -0.2) is 0 Å². The third-order valence-corrected chi connectivity index (χ3v) is 2.92. The molecule has 0 aromatic rings. The molecule has 1 aliphatic rings. The monoisotopic (exact) mass is 241 g/mol. The molecule has 0 radical (unpaired) electrons. The lowest BCUT2D eigenvalue weighted by molar-refractivity contribution is -0.120. The first-order valence-corrected chi connectivity index (χ1v) is 6.51. The van der Waals surface area contributed by atoms with Crippen LogP contribution >= 0.6 is 0 Å². The van der Waals surface area contributed by atoms with E-state index in [1.165, 1.54) is 12.8 Å². The highest BCUT2D eigenvalue weighted by Gasteiger charge is 2.22. The van der Waals surface area contributed by atoms with Gasteiger partial charge in [-0.3, -0.25) is 4.79 Å². The van der Waals surface area contributed by atoms with Crippen LogP contribution < -0.4 is 10.6 Å². The predicted molar refractivity (Wildman–Crippen MR) is 70.9 cm³/mol. The van der Waals surface area contributed by atoms with E-state index < -0.39 is 0 Å². The topological polar surface area (TPSA) is 44.4 Å². The van der Waals surface area contributed by atoms with E-state index in [-0.39, 0.29) is 11.3 Å². The maximum absolute atomic E-state index is 11.5. The van der Waals surface area contributed by atoms with E-state index in [1.807, 2.05) is 0 Å². The lowest BCUT2D eigenvalue weighted by atomic mass is 9.93. The molecule has 1 saturated carbocycles. The number of amides is 1. The van der Waals surface area contributed by atoms with Gasteiger partial charge in [-0.2, -0.15) is 0 Å². The summed E-state index contributed by atoms with van der Waals surface area (Å²) < 4.78 is 0. The lowest BCUT2D eigenvalue weighted by Gasteiger charge is -2.28.